The van der Waals surface area contributed by atoms with Gasteiger partial charge in [0.05, 0.1) is 32.5 Å². The molecule has 0 amide bonds. The van der Waals surface area contributed by atoms with Crippen LogP contribution in [0.4, 0.5) is 4.79 Å². The van der Waals surface area contributed by atoms with Gasteiger partial charge in [-0.15, -0.1) is 0 Å². The molecule has 23 nitrogen and oxygen atoms in total. The first-order chi connectivity index (χ1) is 32.4. The van der Waals surface area contributed by atoms with Crippen molar-refractivity contribution in [2.75, 3.05) is 13.2 Å². The summed E-state index contributed by atoms with van der Waals surface area (Å²) in [5.74, 6) is -0.185. The molecule has 0 aliphatic carbocycles. The Hall–Kier alpha value is -3.89. The van der Waals surface area contributed by atoms with Crippen LogP contribution in [-0.2, 0) is 63.4 Å². The number of hydrogen-bond donors (Lipinski definition) is 6. The third kappa shape index (κ3) is 23.1. The van der Waals surface area contributed by atoms with Crippen molar-refractivity contribution in [2.24, 2.45) is 0 Å². The van der Waals surface area contributed by atoms with E-state index in [2.05, 4.69) is 16.2 Å². The van der Waals surface area contributed by atoms with Crippen molar-refractivity contribution < 1.29 is 79.3 Å². The molecule has 4 rings (SSSR count). The van der Waals surface area contributed by atoms with Crippen LogP contribution in [0.15, 0.2) is 64.3 Å². The van der Waals surface area contributed by atoms with Gasteiger partial charge in [-0.2, -0.15) is 8.62 Å². The number of esters is 1. The smallest absolute Gasteiger partial charge is 0.434 e. The van der Waals surface area contributed by atoms with Crippen LogP contribution in [0.2, 0.25) is 0 Å². The number of unbranched alkanes of at least 4 members (excludes halogenated alkanes) is 13. The van der Waals surface area contributed by atoms with Crippen LogP contribution in [-0.4, -0.2) is 62.0 Å². The Balaban J connectivity index is 0.00000840. The van der Waals surface area contributed by atoms with Gasteiger partial charge < -0.3 is 46.1 Å². The highest BCUT2D eigenvalue weighted by Crippen LogP contribution is 2.69. The van der Waals surface area contributed by atoms with E-state index in [1.165, 1.54) is 126 Å². The average Bonchev–Trinajstić information content (AvgIpc) is 3.66. The number of aromatic amines is 1. The molecule has 1 saturated heterocycles. The number of phosphoric acid groups is 3. The van der Waals surface area contributed by atoms with Crippen molar-refractivity contribution in [3.8, 4) is 11.5 Å². The van der Waals surface area contributed by atoms with Gasteiger partial charge in [0, 0.05) is 24.6 Å². The lowest BCUT2D eigenvalue weighted by atomic mass is 10.0. The number of nitrogens with one attached hydrogen (secondary N) is 1. The van der Waals surface area contributed by atoms with E-state index in [4.69, 9.17) is 36.8 Å². The highest BCUT2D eigenvalue weighted by Gasteiger charge is 2.45. The Labute approximate surface area is 407 Å². The van der Waals surface area contributed by atoms with Gasteiger partial charge in [-0.05, 0) is 48.7 Å². The second kappa shape index (κ2) is 31.5. The lowest BCUT2D eigenvalue weighted by molar-refractivity contribution is -0.134. The van der Waals surface area contributed by atoms with Crippen LogP contribution in [0, 0.1) is 6.92 Å². The van der Waals surface area contributed by atoms with Crippen LogP contribution in [0.1, 0.15) is 139 Å². The zero-order valence-electron chi connectivity index (χ0n) is 40.1. The van der Waals surface area contributed by atoms with E-state index in [0.29, 0.717) is 12.0 Å². The number of benzene rings is 2. The number of carbonyl (C=O) groups excluding carboxylic acids is 2. The highest BCUT2D eigenvalue weighted by atomic mass is 31.3. The number of carbonyl (C=O) groups is 2. The van der Waals surface area contributed by atoms with Crippen LogP contribution in [0.5, 0.6) is 11.5 Å². The largest absolute Gasteiger partial charge is 0.513 e. The molecule has 0 radical (unpaired) electrons. The maximum Gasteiger partial charge on any atom is 0.513 e. The topological polar surface area (TPSA) is 354 Å². The van der Waals surface area contributed by atoms with E-state index in [0.717, 1.165) is 23.8 Å². The van der Waals surface area contributed by atoms with Gasteiger partial charge in [-0.25, -0.2) is 23.3 Å². The van der Waals surface area contributed by atoms with Crippen molar-refractivity contribution in [3.05, 3.63) is 92.3 Å². The lowest BCUT2D eigenvalue weighted by Crippen LogP contribution is -2.33. The van der Waals surface area contributed by atoms with Crippen LogP contribution < -0.4 is 33.0 Å². The molecular formula is C44H71N4O19P3. The molecule has 2 heterocycles. The van der Waals surface area contributed by atoms with Crippen molar-refractivity contribution >= 4 is 35.6 Å². The summed E-state index contributed by atoms with van der Waals surface area (Å²) in [6.07, 6.45) is 13.1. The van der Waals surface area contributed by atoms with Crippen molar-refractivity contribution in [1.82, 2.24) is 21.9 Å². The number of aliphatic hydroxyl groups is 1. The first-order valence-corrected chi connectivity index (χ1v) is 27.4. The van der Waals surface area contributed by atoms with Gasteiger partial charge >= 0.3 is 41.3 Å². The van der Waals surface area contributed by atoms with Gasteiger partial charge in [0.1, 0.15) is 23.8 Å². The summed E-state index contributed by atoms with van der Waals surface area (Å²) in [6, 6.07) is 11.3. The number of nitrogens with zero attached hydrogens (tertiary/aromatic N) is 1. The van der Waals surface area contributed by atoms with Crippen LogP contribution in [0.25, 0.3) is 0 Å². The molecule has 1 aromatic heterocycles. The summed E-state index contributed by atoms with van der Waals surface area (Å²) in [6.45, 7) is 3.38. The number of aromatic nitrogens is 2. The standard InChI is InChI=1S/C44H65N2O19P3.2H3N/c1-4-6-7-8-9-10-11-12-13-14-15-16-17-18-27-57-44(51)62-37-25-21-35(22-26-37)31-60-68(56,59-30-34-19-23-36(24-20-34)61-41(48)5-2)65-67(54,55)64-66(52,53)58-32-39-38(47)28-40(63-39)46-29-33(3)42(49)45-43(46)50;;/h19-26,29,38-40,47H,4-18,27-28,30-32H2,1-3H3,(H,52,53)(H,54,55)(H,45,49,50);2*1H3/t38-,39+,40+,68?;;/m0../s1. The first-order valence-electron chi connectivity index (χ1n) is 22.9. The Bertz CT molecular complexity index is 2300. The Morgan fingerprint density at radius 3 is 1.73 bits per heavy atom. The summed E-state index contributed by atoms with van der Waals surface area (Å²) in [4.78, 5) is 71.0. The molecule has 2 aromatic carbocycles. The molecule has 0 bridgehead atoms. The molecule has 1 aliphatic rings. The lowest BCUT2D eigenvalue weighted by Gasteiger charge is -2.22. The minimum Gasteiger partial charge on any atom is -0.434 e. The SMILES string of the molecule is CCCCCCCCCCCCCCCCOC(=O)Oc1ccc(COP(=O)(OCc2ccc(OC(=O)CC)cc2)OP(=O)(O)OP(=O)(O)OC[C@H]2O[C@@H](n3cc(C)c(=O)[nH]c3=O)C[C@@H]2O)cc1.N.N. The fourth-order valence-electron chi connectivity index (χ4n) is 6.78. The van der Waals surface area contributed by atoms with Gasteiger partial charge in [-0.3, -0.25) is 32.7 Å². The molecule has 0 saturated carbocycles. The molecule has 396 valence electrons. The van der Waals surface area contributed by atoms with E-state index in [1.807, 2.05) is 0 Å². The molecule has 10 N–H and O–H groups in total. The third-order valence-electron chi connectivity index (χ3n) is 10.5. The van der Waals surface area contributed by atoms with Crippen molar-refractivity contribution in [1.29, 1.82) is 0 Å². The van der Waals surface area contributed by atoms with Crippen LogP contribution in [0.3, 0.4) is 0 Å². The number of hydrogen-bond acceptors (Lipinski definition) is 19. The normalized spacial score (nSPS) is 18.1. The third-order valence-corrected chi connectivity index (χ3v) is 15.2. The number of aliphatic hydroxyl groups excluding tert-OH is 1. The number of aryl methyl sites for hydroxylation is 1. The Morgan fingerprint density at radius 2 is 1.21 bits per heavy atom. The monoisotopic (exact) mass is 1050 g/mol. The molecule has 6 atom stereocenters. The zero-order valence-corrected chi connectivity index (χ0v) is 42.8. The predicted molar refractivity (Wildman–Crippen MR) is 257 cm³/mol. The fourth-order valence-corrected chi connectivity index (χ4v) is 10.8. The molecule has 26 heteroatoms. The van der Waals surface area contributed by atoms with E-state index in [9.17, 15) is 47.8 Å². The minimum atomic E-state index is -5.87. The molecule has 70 heavy (non-hydrogen) atoms. The maximum absolute atomic E-state index is 13.9. The Kier molecular flexibility index (Phi) is 28.0. The summed E-state index contributed by atoms with van der Waals surface area (Å²) < 4.78 is 86.7. The maximum atomic E-state index is 13.9. The fraction of sp³-hybridized carbons (Fsp3) is 0.591. The Morgan fingerprint density at radius 1 is 0.714 bits per heavy atom. The molecule has 3 aromatic rings. The molecule has 1 fully saturated rings. The van der Waals surface area contributed by atoms with Gasteiger partial charge in [0.2, 0.25) is 0 Å². The van der Waals surface area contributed by atoms with Gasteiger partial charge in [-0.1, -0.05) is 122 Å². The quantitative estimate of drug-likeness (QED) is 0.0111. The predicted octanol–water partition coefficient (Wildman–Crippen LogP) is 9.92. The first kappa shape index (κ1) is 62.2. The molecule has 1 aliphatic heterocycles. The molecule has 0 spiro atoms. The summed E-state index contributed by atoms with van der Waals surface area (Å²) in [5.41, 5.74) is -0.733. The summed E-state index contributed by atoms with van der Waals surface area (Å²) in [5, 5.41) is 10.5. The van der Waals surface area contributed by atoms with Crippen molar-refractivity contribution in [2.45, 2.75) is 155 Å². The number of H-pyrrole nitrogens is 1. The molecule has 3 unspecified atom stereocenters. The van der Waals surface area contributed by atoms with Gasteiger partial charge in [0.15, 0.2) is 0 Å². The van der Waals surface area contributed by atoms with E-state index in [1.54, 1.807) is 6.92 Å². The highest BCUT2D eigenvalue weighted by molar-refractivity contribution is 7.67. The minimum absolute atomic E-state index is 0. The number of rotatable bonds is 32. The van der Waals surface area contributed by atoms with Gasteiger partial charge in [0.25, 0.3) is 5.56 Å². The number of ether oxygens (including phenoxy) is 4. The van der Waals surface area contributed by atoms with Crippen LogP contribution >= 0.6 is 23.5 Å². The molecular weight excluding hydrogens is 981 g/mol. The summed E-state index contributed by atoms with van der Waals surface area (Å²) >= 11 is 0. The zero-order chi connectivity index (χ0) is 49.6. The second-order valence-corrected chi connectivity index (χ2v) is 21.1. The average molecular weight is 1050 g/mol. The number of phosphoric ester groups is 2. The van der Waals surface area contributed by atoms with E-state index >= 15 is 0 Å². The van der Waals surface area contributed by atoms with Crippen molar-refractivity contribution in [3.63, 3.8) is 0 Å². The second-order valence-electron chi connectivity index (χ2n) is 16.2. The van der Waals surface area contributed by atoms with E-state index < -0.39 is 85.1 Å². The summed E-state index contributed by atoms with van der Waals surface area (Å²) in [7, 11) is -16.7. The van der Waals surface area contributed by atoms with E-state index in [-0.39, 0.29) is 54.4 Å².